The van der Waals surface area contributed by atoms with E-state index in [0.29, 0.717) is 5.11 Å². The van der Waals surface area contributed by atoms with Gasteiger partial charge in [-0.3, -0.25) is 4.98 Å². The van der Waals surface area contributed by atoms with Crippen molar-refractivity contribution in [3.63, 3.8) is 0 Å². The van der Waals surface area contributed by atoms with Gasteiger partial charge in [-0.05, 0) is 85.0 Å². The molecule has 0 saturated carbocycles. The first-order chi connectivity index (χ1) is 15.1. The van der Waals surface area contributed by atoms with Gasteiger partial charge in [-0.25, -0.2) is 4.39 Å². The first-order valence-electron chi connectivity index (χ1n) is 9.85. The van der Waals surface area contributed by atoms with Crippen molar-refractivity contribution in [2.24, 2.45) is 0 Å². The van der Waals surface area contributed by atoms with Crippen LogP contribution in [0.2, 0.25) is 0 Å². The summed E-state index contributed by atoms with van der Waals surface area (Å²) in [6.45, 7) is 0. The number of rotatable bonds is 4. The Hall–Kier alpha value is -3.71. The summed E-state index contributed by atoms with van der Waals surface area (Å²) in [6, 6.07) is 22.7. The van der Waals surface area contributed by atoms with Gasteiger partial charge in [0.1, 0.15) is 17.6 Å². The Labute approximate surface area is 184 Å². The fraction of sp³-hybridized carbons (Fsp3) is 0.0833. The van der Waals surface area contributed by atoms with Gasteiger partial charge in [0.15, 0.2) is 5.11 Å². The number of halogens is 1. The van der Waals surface area contributed by atoms with Gasteiger partial charge < -0.3 is 19.9 Å². The van der Waals surface area contributed by atoms with Gasteiger partial charge in [0, 0.05) is 29.5 Å². The predicted molar refractivity (Wildman–Crippen MR) is 122 cm³/mol. The maximum absolute atomic E-state index is 13.6. The monoisotopic (exact) mass is 430 g/mol. The molecule has 31 heavy (non-hydrogen) atoms. The molecule has 2 aromatic carbocycles. The van der Waals surface area contributed by atoms with Gasteiger partial charge in [0.05, 0.1) is 11.7 Å². The van der Waals surface area contributed by atoms with Gasteiger partial charge in [0.2, 0.25) is 0 Å². The number of thiocarbonyl (C=S) groups is 1. The van der Waals surface area contributed by atoms with Gasteiger partial charge >= 0.3 is 0 Å². The first kappa shape index (κ1) is 19.3. The van der Waals surface area contributed by atoms with E-state index in [0.717, 1.165) is 22.8 Å². The van der Waals surface area contributed by atoms with Crippen LogP contribution < -0.4 is 10.2 Å². The van der Waals surface area contributed by atoms with E-state index < -0.39 is 0 Å². The number of anilines is 1. The van der Waals surface area contributed by atoms with Crippen LogP contribution in [0.25, 0.3) is 5.69 Å². The number of hydrogen-bond donors (Lipinski definition) is 2. The number of phenols is 1. The second kappa shape index (κ2) is 7.85. The van der Waals surface area contributed by atoms with E-state index in [1.54, 1.807) is 30.5 Å². The number of benzene rings is 2. The second-order valence-electron chi connectivity index (χ2n) is 7.29. The van der Waals surface area contributed by atoms with E-state index in [1.807, 2.05) is 53.6 Å². The average Bonchev–Trinajstić information content (AvgIpc) is 3.40. The highest BCUT2D eigenvalue weighted by molar-refractivity contribution is 7.80. The van der Waals surface area contributed by atoms with Crippen LogP contribution in [0.4, 0.5) is 10.1 Å². The normalized spacial score (nSPS) is 18.2. The minimum absolute atomic E-state index is 0.204. The topological polar surface area (TPSA) is 53.3 Å². The zero-order valence-corrected chi connectivity index (χ0v) is 17.2. The van der Waals surface area contributed by atoms with E-state index >= 15 is 0 Å². The van der Waals surface area contributed by atoms with E-state index in [4.69, 9.17) is 12.2 Å². The maximum atomic E-state index is 13.6. The van der Waals surface area contributed by atoms with Crippen LogP contribution in [0.15, 0.2) is 91.3 Å². The highest BCUT2D eigenvalue weighted by Crippen LogP contribution is 2.42. The van der Waals surface area contributed by atoms with E-state index in [-0.39, 0.29) is 23.7 Å². The van der Waals surface area contributed by atoms with E-state index in [1.165, 1.54) is 12.1 Å². The largest absolute Gasteiger partial charge is 0.508 e. The maximum Gasteiger partial charge on any atom is 0.174 e. The molecule has 2 aromatic heterocycles. The fourth-order valence-corrected chi connectivity index (χ4v) is 4.36. The lowest BCUT2D eigenvalue weighted by atomic mass is 10.0. The number of hydrogen-bond acceptors (Lipinski definition) is 3. The summed E-state index contributed by atoms with van der Waals surface area (Å²) in [4.78, 5) is 6.56. The number of aromatic hydroxyl groups is 1. The van der Waals surface area contributed by atoms with Crippen molar-refractivity contribution < 1.29 is 9.50 Å². The van der Waals surface area contributed by atoms with Gasteiger partial charge in [-0.2, -0.15) is 0 Å². The predicted octanol–water partition coefficient (Wildman–Crippen LogP) is 4.89. The quantitative estimate of drug-likeness (QED) is 0.452. The third-order valence-corrected chi connectivity index (χ3v) is 5.73. The first-order valence-corrected chi connectivity index (χ1v) is 10.3. The second-order valence-corrected chi connectivity index (χ2v) is 7.68. The van der Waals surface area contributed by atoms with Crippen molar-refractivity contribution in [3.05, 3.63) is 108 Å². The molecule has 1 saturated heterocycles. The zero-order valence-electron chi connectivity index (χ0n) is 16.4. The molecular weight excluding hydrogens is 411 g/mol. The Bertz CT molecular complexity index is 1210. The summed E-state index contributed by atoms with van der Waals surface area (Å²) in [5, 5.41) is 13.6. The summed E-state index contributed by atoms with van der Waals surface area (Å²) in [5.41, 5.74) is 3.55. The lowest BCUT2D eigenvalue weighted by Gasteiger charge is -2.29. The summed E-state index contributed by atoms with van der Waals surface area (Å²) < 4.78 is 15.7. The molecule has 5 rings (SSSR count). The molecule has 7 heteroatoms. The molecule has 5 nitrogen and oxygen atoms in total. The molecule has 1 aliphatic heterocycles. The Morgan fingerprint density at radius 2 is 1.65 bits per heavy atom. The van der Waals surface area contributed by atoms with Gasteiger partial charge in [0.25, 0.3) is 0 Å². The molecule has 0 unspecified atom stereocenters. The minimum Gasteiger partial charge on any atom is -0.508 e. The third-order valence-electron chi connectivity index (χ3n) is 5.41. The number of nitrogens with one attached hydrogen (secondary N) is 1. The highest BCUT2D eigenvalue weighted by atomic mass is 32.1. The molecule has 4 aromatic rings. The number of nitrogens with zero attached hydrogens (tertiary/aromatic N) is 3. The lowest BCUT2D eigenvalue weighted by molar-refractivity contribution is 0.475. The molecule has 0 aliphatic carbocycles. The average molecular weight is 431 g/mol. The molecule has 154 valence electrons. The molecule has 0 bridgehead atoms. The molecule has 2 N–H and O–H groups in total. The number of aromatic nitrogens is 2. The SMILES string of the molecule is Oc1ccc(-n2cccc2[C@H]2[C@H](c3ccccn3)NC(=S)N2c2ccc(F)cc2)cc1. The standard InChI is InChI=1S/C24H19FN4OS/c25-16-6-8-18(9-7-16)29-23(22(27-24(29)31)20-4-1-2-14-26-20)21-5-3-15-28(21)17-10-12-19(30)13-11-17/h1-15,22-23,30H,(H,27,31)/t22-,23-/m0/s1. The van der Waals surface area contributed by atoms with Gasteiger partial charge in [-0.15, -0.1) is 0 Å². The van der Waals surface area contributed by atoms with Crippen molar-refractivity contribution in [1.82, 2.24) is 14.9 Å². The van der Waals surface area contributed by atoms with E-state index in [2.05, 4.69) is 14.9 Å². The summed E-state index contributed by atoms with van der Waals surface area (Å²) in [6.07, 6.45) is 3.73. The Morgan fingerprint density at radius 1 is 0.903 bits per heavy atom. The van der Waals surface area contributed by atoms with Crippen molar-refractivity contribution in [2.45, 2.75) is 12.1 Å². The van der Waals surface area contributed by atoms with Crippen molar-refractivity contribution in [3.8, 4) is 11.4 Å². The molecule has 0 spiro atoms. The fourth-order valence-electron chi connectivity index (χ4n) is 4.02. The summed E-state index contributed by atoms with van der Waals surface area (Å²) in [7, 11) is 0. The van der Waals surface area contributed by atoms with Crippen molar-refractivity contribution in [1.29, 1.82) is 0 Å². The highest BCUT2D eigenvalue weighted by Gasteiger charge is 2.42. The van der Waals surface area contributed by atoms with Crippen LogP contribution in [0, 0.1) is 5.82 Å². The molecule has 2 atom stereocenters. The Morgan fingerprint density at radius 3 is 2.35 bits per heavy atom. The smallest absolute Gasteiger partial charge is 0.174 e. The van der Waals surface area contributed by atoms with Crippen LogP contribution in [-0.2, 0) is 0 Å². The number of pyridine rings is 1. The summed E-state index contributed by atoms with van der Waals surface area (Å²) in [5.74, 6) is -0.0902. The van der Waals surface area contributed by atoms with Crippen LogP contribution >= 0.6 is 12.2 Å². The minimum atomic E-state index is -0.299. The van der Waals surface area contributed by atoms with Crippen molar-refractivity contribution in [2.75, 3.05) is 4.90 Å². The number of phenolic OH excluding ortho intramolecular Hbond substituents is 1. The molecule has 0 radical (unpaired) electrons. The van der Waals surface area contributed by atoms with Gasteiger partial charge in [-0.1, -0.05) is 6.07 Å². The van der Waals surface area contributed by atoms with Crippen LogP contribution in [0.1, 0.15) is 23.5 Å². The van der Waals surface area contributed by atoms with Crippen LogP contribution in [-0.4, -0.2) is 19.8 Å². The molecule has 1 fully saturated rings. The van der Waals surface area contributed by atoms with E-state index in [9.17, 15) is 9.50 Å². The molecule has 0 amide bonds. The molecule has 3 heterocycles. The van der Waals surface area contributed by atoms with Crippen LogP contribution in [0.5, 0.6) is 5.75 Å². The third kappa shape index (κ3) is 3.53. The summed E-state index contributed by atoms with van der Waals surface area (Å²) >= 11 is 5.71. The zero-order chi connectivity index (χ0) is 21.4. The van der Waals surface area contributed by atoms with Crippen LogP contribution in [0.3, 0.4) is 0 Å². The molecular formula is C24H19FN4OS. The van der Waals surface area contributed by atoms with Crippen molar-refractivity contribution >= 4 is 23.0 Å². The molecule has 1 aliphatic rings. The Kier molecular flexibility index (Phi) is 4.88. The Balaban J connectivity index is 1.66. The lowest BCUT2D eigenvalue weighted by Crippen LogP contribution is -2.30.